The van der Waals surface area contributed by atoms with E-state index in [0.717, 1.165) is 31.5 Å². The number of oxazole rings is 1. The van der Waals surface area contributed by atoms with Gasteiger partial charge in [0, 0.05) is 24.8 Å². The summed E-state index contributed by atoms with van der Waals surface area (Å²) in [6, 6.07) is 10.9. The van der Waals surface area contributed by atoms with E-state index < -0.39 is 15.8 Å². The molecule has 0 atom stereocenters. The first kappa shape index (κ1) is 18.3. The first-order chi connectivity index (χ1) is 13.4. The summed E-state index contributed by atoms with van der Waals surface area (Å²) in [5.41, 5.74) is 1.81. The molecule has 2 aromatic carbocycles. The molecule has 3 aromatic rings. The topological polar surface area (TPSA) is 112 Å². The first-order valence-electron chi connectivity index (χ1n) is 8.93. The van der Waals surface area contributed by atoms with Gasteiger partial charge >= 0.3 is 5.76 Å². The fourth-order valence-corrected chi connectivity index (χ4v) is 4.32. The Morgan fingerprint density at radius 2 is 1.82 bits per heavy atom. The van der Waals surface area contributed by atoms with Crippen molar-refractivity contribution >= 4 is 32.7 Å². The number of amides is 1. The highest BCUT2D eigenvalue weighted by Gasteiger charge is 2.19. The Kier molecular flexibility index (Phi) is 4.68. The lowest BCUT2D eigenvalue weighted by Gasteiger charge is -2.15. The van der Waals surface area contributed by atoms with Gasteiger partial charge in [0.15, 0.2) is 5.58 Å². The van der Waals surface area contributed by atoms with E-state index in [2.05, 4.69) is 9.71 Å². The number of carbonyl (C=O) groups is 1. The number of H-pyrrole nitrogens is 1. The number of fused-ring (bicyclic) bond motifs is 1. The summed E-state index contributed by atoms with van der Waals surface area (Å²) in [7, 11) is -3.85. The zero-order chi connectivity index (χ0) is 19.7. The maximum Gasteiger partial charge on any atom is 0.417 e. The summed E-state index contributed by atoms with van der Waals surface area (Å²) in [5.74, 6) is -0.552. The van der Waals surface area contributed by atoms with Crippen LogP contribution in [0.5, 0.6) is 0 Å². The molecule has 0 radical (unpaired) electrons. The maximum absolute atomic E-state index is 12.6. The van der Waals surface area contributed by atoms with Crippen LogP contribution in [-0.4, -0.2) is 37.3 Å². The SMILES string of the molecule is O=C(Cc1ccc(NS(=O)(=O)c2ccc3[nH]c(=O)oc3c2)cc1)N1CCCC1. The molecule has 0 spiro atoms. The van der Waals surface area contributed by atoms with Crippen LogP contribution in [0.3, 0.4) is 0 Å². The third-order valence-corrected chi connectivity index (χ3v) is 6.10. The van der Waals surface area contributed by atoms with Crippen molar-refractivity contribution in [3.05, 3.63) is 58.6 Å². The molecule has 4 rings (SSSR count). The predicted molar refractivity (Wildman–Crippen MR) is 104 cm³/mol. The van der Waals surface area contributed by atoms with Gasteiger partial charge in [-0.15, -0.1) is 0 Å². The van der Waals surface area contributed by atoms with Crippen LogP contribution in [0.25, 0.3) is 11.1 Å². The lowest BCUT2D eigenvalue weighted by atomic mass is 10.1. The second kappa shape index (κ2) is 7.16. The largest absolute Gasteiger partial charge is 0.417 e. The minimum Gasteiger partial charge on any atom is -0.408 e. The number of benzene rings is 2. The zero-order valence-electron chi connectivity index (χ0n) is 15.0. The van der Waals surface area contributed by atoms with Crippen molar-refractivity contribution in [3.63, 3.8) is 0 Å². The summed E-state index contributed by atoms with van der Waals surface area (Å²) in [6.07, 6.45) is 2.39. The van der Waals surface area contributed by atoms with Gasteiger partial charge in [-0.05, 0) is 42.7 Å². The van der Waals surface area contributed by atoms with E-state index in [-0.39, 0.29) is 16.4 Å². The number of likely N-dealkylation sites (tertiary alicyclic amines) is 1. The summed E-state index contributed by atoms with van der Waals surface area (Å²) in [4.78, 5) is 27.7. The predicted octanol–water partition coefficient (Wildman–Crippen LogP) is 2.09. The molecule has 0 saturated carbocycles. The monoisotopic (exact) mass is 401 g/mol. The van der Waals surface area contributed by atoms with E-state index in [1.54, 1.807) is 24.3 Å². The normalized spacial score (nSPS) is 14.5. The second-order valence-electron chi connectivity index (χ2n) is 6.74. The van der Waals surface area contributed by atoms with Gasteiger partial charge in [-0.25, -0.2) is 13.2 Å². The molecule has 1 saturated heterocycles. The van der Waals surface area contributed by atoms with Crippen LogP contribution in [-0.2, 0) is 21.2 Å². The Hall–Kier alpha value is -3.07. The maximum atomic E-state index is 12.6. The average molecular weight is 401 g/mol. The number of aromatic amines is 1. The van der Waals surface area contributed by atoms with Crippen molar-refractivity contribution in [2.75, 3.05) is 17.8 Å². The Labute approximate surface area is 161 Å². The van der Waals surface area contributed by atoms with E-state index in [1.807, 2.05) is 4.90 Å². The molecule has 1 aliphatic heterocycles. The van der Waals surface area contributed by atoms with Gasteiger partial charge in [0.25, 0.3) is 10.0 Å². The van der Waals surface area contributed by atoms with Crippen molar-refractivity contribution in [2.45, 2.75) is 24.2 Å². The highest BCUT2D eigenvalue weighted by Crippen LogP contribution is 2.20. The number of anilines is 1. The van der Waals surface area contributed by atoms with Crippen LogP contribution in [0, 0.1) is 0 Å². The molecule has 0 bridgehead atoms. The molecule has 2 heterocycles. The standard InChI is InChI=1S/C19H19N3O5S/c23-18(22-9-1-2-10-22)11-13-3-5-14(6-4-13)21-28(25,26)15-7-8-16-17(12-15)27-19(24)20-16/h3-8,12,21H,1-2,9-11H2,(H,20,24). The number of nitrogens with one attached hydrogen (secondary N) is 2. The summed E-state index contributed by atoms with van der Waals surface area (Å²) < 4.78 is 32.6. The van der Waals surface area contributed by atoms with E-state index in [0.29, 0.717) is 17.6 Å². The van der Waals surface area contributed by atoms with Crippen LogP contribution in [0.4, 0.5) is 5.69 Å². The Morgan fingerprint density at radius 3 is 2.54 bits per heavy atom. The number of nitrogens with zero attached hydrogens (tertiary/aromatic N) is 1. The lowest BCUT2D eigenvalue weighted by molar-refractivity contribution is -0.129. The molecule has 1 aromatic heterocycles. The van der Waals surface area contributed by atoms with Gasteiger partial charge in [-0.2, -0.15) is 0 Å². The molecule has 0 unspecified atom stereocenters. The van der Waals surface area contributed by atoms with Crippen LogP contribution >= 0.6 is 0 Å². The molecule has 1 amide bonds. The molecular formula is C19H19N3O5S. The van der Waals surface area contributed by atoms with Crippen LogP contribution in [0.2, 0.25) is 0 Å². The highest BCUT2D eigenvalue weighted by atomic mass is 32.2. The van der Waals surface area contributed by atoms with E-state index in [1.165, 1.54) is 18.2 Å². The number of rotatable bonds is 5. The fraction of sp³-hybridized carbons (Fsp3) is 0.263. The van der Waals surface area contributed by atoms with Gasteiger partial charge in [-0.1, -0.05) is 12.1 Å². The zero-order valence-corrected chi connectivity index (χ0v) is 15.8. The summed E-state index contributed by atoms with van der Waals surface area (Å²) in [5, 5.41) is 0. The lowest BCUT2D eigenvalue weighted by Crippen LogP contribution is -2.29. The van der Waals surface area contributed by atoms with Crippen molar-refractivity contribution in [1.29, 1.82) is 0 Å². The Balaban J connectivity index is 1.47. The molecular weight excluding hydrogens is 382 g/mol. The van der Waals surface area contributed by atoms with Crippen LogP contribution in [0.1, 0.15) is 18.4 Å². The minimum atomic E-state index is -3.85. The van der Waals surface area contributed by atoms with E-state index in [9.17, 15) is 18.0 Å². The van der Waals surface area contributed by atoms with Gasteiger partial charge < -0.3 is 9.32 Å². The third-order valence-electron chi connectivity index (χ3n) is 4.72. The van der Waals surface area contributed by atoms with Crippen LogP contribution in [0.15, 0.2) is 56.6 Å². The molecule has 8 nitrogen and oxygen atoms in total. The fourth-order valence-electron chi connectivity index (χ4n) is 3.25. The smallest absolute Gasteiger partial charge is 0.408 e. The third kappa shape index (κ3) is 3.79. The number of sulfonamides is 1. The van der Waals surface area contributed by atoms with Crippen molar-refractivity contribution < 1.29 is 17.6 Å². The Bertz CT molecular complexity index is 1170. The number of aromatic nitrogens is 1. The number of carbonyl (C=O) groups excluding carboxylic acids is 1. The second-order valence-corrected chi connectivity index (χ2v) is 8.42. The van der Waals surface area contributed by atoms with Gasteiger partial charge in [0.2, 0.25) is 5.91 Å². The van der Waals surface area contributed by atoms with Crippen molar-refractivity contribution in [2.24, 2.45) is 0 Å². The number of hydrogen-bond donors (Lipinski definition) is 2. The summed E-state index contributed by atoms with van der Waals surface area (Å²) >= 11 is 0. The molecule has 146 valence electrons. The number of hydrogen-bond acceptors (Lipinski definition) is 5. The van der Waals surface area contributed by atoms with Gasteiger partial charge in [-0.3, -0.25) is 14.5 Å². The molecule has 9 heteroatoms. The minimum absolute atomic E-state index is 0.0176. The molecule has 0 aliphatic carbocycles. The van der Waals surface area contributed by atoms with Gasteiger partial charge in [0.05, 0.1) is 16.8 Å². The van der Waals surface area contributed by atoms with Gasteiger partial charge in [0.1, 0.15) is 0 Å². The molecule has 1 fully saturated rings. The van der Waals surface area contributed by atoms with Crippen molar-refractivity contribution in [1.82, 2.24) is 9.88 Å². The quantitative estimate of drug-likeness (QED) is 0.680. The highest BCUT2D eigenvalue weighted by molar-refractivity contribution is 7.92. The Morgan fingerprint density at radius 1 is 1.11 bits per heavy atom. The average Bonchev–Trinajstić information content (AvgIpc) is 3.31. The first-order valence-corrected chi connectivity index (χ1v) is 10.4. The molecule has 2 N–H and O–H groups in total. The molecule has 28 heavy (non-hydrogen) atoms. The van der Waals surface area contributed by atoms with Crippen molar-refractivity contribution in [3.8, 4) is 0 Å². The summed E-state index contributed by atoms with van der Waals surface area (Å²) in [6.45, 7) is 1.62. The molecule has 1 aliphatic rings. The van der Waals surface area contributed by atoms with E-state index >= 15 is 0 Å². The van der Waals surface area contributed by atoms with Crippen LogP contribution < -0.4 is 10.5 Å². The van der Waals surface area contributed by atoms with E-state index in [4.69, 9.17) is 4.42 Å².